The summed E-state index contributed by atoms with van der Waals surface area (Å²) in [5.41, 5.74) is -0.473. The van der Waals surface area contributed by atoms with Crippen LogP contribution in [-0.2, 0) is 6.18 Å². The summed E-state index contributed by atoms with van der Waals surface area (Å²) in [5, 5.41) is 0. The molecule has 0 radical (unpaired) electrons. The van der Waals surface area contributed by atoms with Crippen molar-refractivity contribution in [1.82, 2.24) is 24.8 Å². The lowest BCUT2D eigenvalue weighted by Gasteiger charge is -2.31. The summed E-state index contributed by atoms with van der Waals surface area (Å²) in [7, 11) is 0. The number of hydrogen-bond donors (Lipinski definition) is 2. The maximum absolute atomic E-state index is 12.7. The van der Waals surface area contributed by atoms with Crippen molar-refractivity contribution < 1.29 is 18.0 Å². The Morgan fingerprint density at radius 1 is 1.30 bits per heavy atom. The highest BCUT2D eigenvalue weighted by Crippen LogP contribution is 2.31. The zero-order valence-electron chi connectivity index (χ0n) is 12.4. The van der Waals surface area contributed by atoms with E-state index in [1.165, 1.54) is 6.20 Å². The van der Waals surface area contributed by atoms with Crippen LogP contribution in [0.15, 0.2) is 12.4 Å². The van der Waals surface area contributed by atoms with Crippen molar-refractivity contribution in [1.29, 1.82) is 0 Å². The molecular formula is C14H16F3N5O. The van der Waals surface area contributed by atoms with Crippen LogP contribution in [0, 0.1) is 6.92 Å². The van der Waals surface area contributed by atoms with Gasteiger partial charge in [-0.25, -0.2) is 9.97 Å². The molecule has 0 spiro atoms. The van der Waals surface area contributed by atoms with Gasteiger partial charge in [-0.3, -0.25) is 4.79 Å². The monoisotopic (exact) mass is 327 g/mol. The molecule has 9 heteroatoms. The average molecular weight is 327 g/mol. The Labute approximate surface area is 130 Å². The van der Waals surface area contributed by atoms with E-state index >= 15 is 0 Å². The number of rotatable bonds is 2. The van der Waals surface area contributed by atoms with Crippen molar-refractivity contribution in [3.05, 3.63) is 35.4 Å². The van der Waals surface area contributed by atoms with Gasteiger partial charge in [0.2, 0.25) is 0 Å². The number of piperidine rings is 1. The van der Waals surface area contributed by atoms with Gasteiger partial charge >= 0.3 is 6.18 Å². The number of nitrogens with zero attached hydrogens (tertiary/aromatic N) is 3. The maximum atomic E-state index is 12.7. The van der Waals surface area contributed by atoms with Gasteiger partial charge in [0.1, 0.15) is 23.0 Å². The SMILES string of the molecule is Cc1ncc(C(=O)N2CCC[C@@H](c3ncc(C(F)(F)F)[nH]3)C2)[nH]1. The highest BCUT2D eigenvalue weighted by atomic mass is 19.4. The van der Waals surface area contributed by atoms with Crippen LogP contribution in [0.5, 0.6) is 0 Å². The second kappa shape index (κ2) is 5.71. The van der Waals surface area contributed by atoms with Crippen LogP contribution in [0.25, 0.3) is 0 Å². The average Bonchev–Trinajstić information content (AvgIpc) is 3.15. The van der Waals surface area contributed by atoms with Crippen LogP contribution in [0.4, 0.5) is 13.2 Å². The van der Waals surface area contributed by atoms with Crippen LogP contribution >= 0.6 is 0 Å². The number of aryl methyl sites for hydroxylation is 1. The Kier molecular flexibility index (Phi) is 3.87. The van der Waals surface area contributed by atoms with Gasteiger partial charge in [-0.1, -0.05) is 0 Å². The van der Waals surface area contributed by atoms with E-state index in [-0.39, 0.29) is 17.6 Å². The molecule has 0 aliphatic carbocycles. The van der Waals surface area contributed by atoms with Gasteiger partial charge in [-0.15, -0.1) is 0 Å². The van der Waals surface area contributed by atoms with E-state index in [4.69, 9.17) is 0 Å². The molecule has 3 rings (SSSR count). The first kappa shape index (κ1) is 15.6. The first-order valence-electron chi connectivity index (χ1n) is 7.27. The van der Waals surface area contributed by atoms with Gasteiger partial charge in [0, 0.05) is 19.0 Å². The second-order valence-electron chi connectivity index (χ2n) is 5.65. The molecule has 2 aromatic heterocycles. The molecule has 1 aliphatic rings. The number of likely N-dealkylation sites (tertiary alicyclic amines) is 1. The Balaban J connectivity index is 1.73. The van der Waals surface area contributed by atoms with Crippen LogP contribution in [0.3, 0.4) is 0 Å². The lowest BCUT2D eigenvalue weighted by Crippen LogP contribution is -2.39. The lowest BCUT2D eigenvalue weighted by atomic mass is 9.97. The van der Waals surface area contributed by atoms with Crippen LogP contribution < -0.4 is 0 Å². The quantitative estimate of drug-likeness (QED) is 0.889. The smallest absolute Gasteiger partial charge is 0.338 e. The molecule has 1 amide bonds. The third-order valence-corrected chi connectivity index (χ3v) is 3.93. The number of nitrogens with one attached hydrogen (secondary N) is 2. The van der Waals surface area contributed by atoms with E-state index in [9.17, 15) is 18.0 Å². The molecule has 124 valence electrons. The highest BCUT2D eigenvalue weighted by molar-refractivity contribution is 5.92. The van der Waals surface area contributed by atoms with Gasteiger partial charge in [0.25, 0.3) is 5.91 Å². The number of carbonyl (C=O) groups is 1. The van der Waals surface area contributed by atoms with Crippen molar-refractivity contribution in [2.24, 2.45) is 0 Å². The molecule has 0 aromatic carbocycles. The summed E-state index contributed by atoms with van der Waals surface area (Å²) < 4.78 is 38.0. The molecule has 0 unspecified atom stereocenters. The zero-order valence-corrected chi connectivity index (χ0v) is 12.4. The summed E-state index contributed by atoms with van der Waals surface area (Å²) in [4.78, 5) is 27.1. The highest BCUT2D eigenvalue weighted by Gasteiger charge is 2.35. The summed E-state index contributed by atoms with van der Waals surface area (Å²) >= 11 is 0. The van der Waals surface area contributed by atoms with Crippen molar-refractivity contribution in [3.63, 3.8) is 0 Å². The standard InChI is InChI=1S/C14H16F3N5O/c1-8-18-5-10(20-8)13(23)22-4-2-3-9(7-22)12-19-6-11(21-12)14(15,16)17/h5-6,9H,2-4,7H2,1H3,(H,18,20)(H,19,21)/t9-/m1/s1. The Morgan fingerprint density at radius 3 is 2.70 bits per heavy atom. The Morgan fingerprint density at radius 2 is 2.09 bits per heavy atom. The molecule has 2 aromatic rings. The maximum Gasteiger partial charge on any atom is 0.432 e. The largest absolute Gasteiger partial charge is 0.432 e. The fourth-order valence-electron chi connectivity index (χ4n) is 2.77. The van der Waals surface area contributed by atoms with Gasteiger partial charge in [0.15, 0.2) is 0 Å². The van der Waals surface area contributed by atoms with Crippen molar-refractivity contribution in [3.8, 4) is 0 Å². The Bertz CT molecular complexity index is 705. The summed E-state index contributed by atoms with van der Waals surface area (Å²) in [5.74, 6) is 0.490. The number of amides is 1. The minimum atomic E-state index is -4.44. The number of H-pyrrole nitrogens is 2. The predicted molar refractivity (Wildman–Crippen MR) is 74.8 cm³/mol. The van der Waals surface area contributed by atoms with Crippen LogP contribution in [-0.4, -0.2) is 43.8 Å². The number of carbonyl (C=O) groups excluding carboxylic acids is 1. The van der Waals surface area contributed by atoms with Crippen LogP contribution in [0.2, 0.25) is 0 Å². The fraction of sp³-hybridized carbons (Fsp3) is 0.500. The van der Waals surface area contributed by atoms with E-state index in [2.05, 4.69) is 19.9 Å². The molecule has 1 saturated heterocycles. The van der Waals surface area contributed by atoms with E-state index in [0.717, 1.165) is 6.20 Å². The van der Waals surface area contributed by atoms with Gasteiger partial charge in [0.05, 0.1) is 12.4 Å². The van der Waals surface area contributed by atoms with Gasteiger partial charge in [-0.05, 0) is 19.8 Å². The van der Waals surface area contributed by atoms with E-state index < -0.39 is 11.9 Å². The van der Waals surface area contributed by atoms with Crippen molar-refractivity contribution in [2.75, 3.05) is 13.1 Å². The number of halogens is 3. The number of aromatic amines is 2. The fourth-order valence-corrected chi connectivity index (χ4v) is 2.77. The number of aromatic nitrogens is 4. The molecule has 3 heterocycles. The third kappa shape index (κ3) is 3.22. The Hall–Kier alpha value is -2.32. The molecule has 6 nitrogen and oxygen atoms in total. The van der Waals surface area contributed by atoms with Crippen molar-refractivity contribution >= 4 is 5.91 Å². The molecule has 1 fully saturated rings. The topological polar surface area (TPSA) is 77.7 Å². The number of hydrogen-bond acceptors (Lipinski definition) is 3. The predicted octanol–water partition coefficient (Wildman–Crippen LogP) is 2.48. The normalized spacial score (nSPS) is 19.1. The summed E-state index contributed by atoms with van der Waals surface area (Å²) in [6.07, 6.45) is -0.769. The minimum absolute atomic E-state index is 0.196. The molecule has 23 heavy (non-hydrogen) atoms. The van der Waals surface area contributed by atoms with E-state index in [1.807, 2.05) is 0 Å². The van der Waals surface area contributed by atoms with Crippen LogP contribution in [0.1, 0.15) is 46.6 Å². The second-order valence-corrected chi connectivity index (χ2v) is 5.65. The van der Waals surface area contributed by atoms with E-state index in [1.54, 1.807) is 11.8 Å². The molecule has 2 N–H and O–H groups in total. The summed E-state index contributed by atoms with van der Waals surface area (Å²) in [6.45, 7) is 2.65. The van der Waals surface area contributed by atoms with Crippen molar-refractivity contribution in [2.45, 2.75) is 31.9 Å². The summed E-state index contributed by atoms with van der Waals surface area (Å²) in [6, 6.07) is 0. The first-order valence-corrected chi connectivity index (χ1v) is 7.27. The number of imidazole rings is 2. The first-order chi connectivity index (χ1) is 10.8. The molecule has 0 bridgehead atoms. The van der Waals surface area contributed by atoms with Gasteiger partial charge in [-0.2, -0.15) is 13.2 Å². The van der Waals surface area contributed by atoms with Gasteiger partial charge < -0.3 is 14.9 Å². The number of alkyl halides is 3. The lowest BCUT2D eigenvalue weighted by molar-refractivity contribution is -0.141. The minimum Gasteiger partial charge on any atom is -0.338 e. The third-order valence-electron chi connectivity index (χ3n) is 3.93. The molecule has 0 saturated carbocycles. The van der Waals surface area contributed by atoms with E-state index in [0.29, 0.717) is 37.4 Å². The molecule has 1 atom stereocenters. The molecule has 1 aliphatic heterocycles. The molecular weight excluding hydrogens is 311 g/mol. The zero-order chi connectivity index (χ0) is 16.6.